The van der Waals surface area contributed by atoms with Crippen LogP contribution in [0.15, 0.2) is 42.7 Å². The van der Waals surface area contributed by atoms with Crippen molar-refractivity contribution in [3.8, 4) is 11.3 Å². The van der Waals surface area contributed by atoms with E-state index in [9.17, 15) is 0 Å². The molecule has 0 unspecified atom stereocenters. The minimum Gasteiger partial charge on any atom is -0.308 e. The molecule has 0 atom stereocenters. The minimum absolute atomic E-state index is 0.773. The molecule has 3 aromatic rings. The number of H-pyrrole nitrogens is 1. The normalized spacial score (nSPS) is 11.0. The Morgan fingerprint density at radius 1 is 1.14 bits per heavy atom. The van der Waals surface area contributed by atoms with Crippen molar-refractivity contribution in [1.29, 1.82) is 0 Å². The minimum atomic E-state index is 0.773. The summed E-state index contributed by atoms with van der Waals surface area (Å²) in [5.74, 6) is 0. The molecule has 0 aliphatic rings. The van der Waals surface area contributed by atoms with Crippen LogP contribution in [0.4, 0.5) is 0 Å². The number of hydrogen-bond acceptors (Lipinski definition) is 3. The summed E-state index contributed by atoms with van der Waals surface area (Å²) in [6.45, 7) is 3.61. The summed E-state index contributed by atoms with van der Waals surface area (Å²) in [6, 6.07) is 10.3. The molecule has 2 aromatic heterocycles. The number of rotatable bonds is 5. The first-order valence-electron chi connectivity index (χ1n) is 7.01. The van der Waals surface area contributed by atoms with Gasteiger partial charge in [0.1, 0.15) is 0 Å². The van der Waals surface area contributed by atoms with Crippen LogP contribution >= 0.6 is 0 Å². The van der Waals surface area contributed by atoms with Crippen molar-refractivity contribution in [1.82, 2.24) is 25.3 Å². The van der Waals surface area contributed by atoms with E-state index in [2.05, 4.69) is 38.9 Å². The molecular formula is C16H19N5. The lowest BCUT2D eigenvalue weighted by molar-refractivity contribution is 0.691. The first kappa shape index (κ1) is 13.6. The van der Waals surface area contributed by atoms with Gasteiger partial charge in [-0.2, -0.15) is 10.2 Å². The summed E-state index contributed by atoms with van der Waals surface area (Å²) < 4.78 is 1.85. The summed E-state index contributed by atoms with van der Waals surface area (Å²) in [5.41, 5.74) is 5.70. The van der Waals surface area contributed by atoms with Crippen LogP contribution in [0.2, 0.25) is 0 Å². The average Bonchev–Trinajstić information content (AvgIpc) is 3.07. The second-order valence-corrected chi connectivity index (χ2v) is 5.15. The van der Waals surface area contributed by atoms with Crippen LogP contribution in [-0.4, -0.2) is 20.0 Å². The number of aromatic nitrogens is 4. The zero-order valence-corrected chi connectivity index (χ0v) is 12.3. The monoisotopic (exact) mass is 281 g/mol. The highest BCUT2D eigenvalue weighted by molar-refractivity contribution is 5.62. The zero-order valence-electron chi connectivity index (χ0n) is 12.3. The van der Waals surface area contributed by atoms with Gasteiger partial charge in [0.05, 0.1) is 17.6 Å². The Hall–Kier alpha value is -2.40. The Bertz CT molecular complexity index is 711. The molecule has 0 aliphatic heterocycles. The highest BCUT2D eigenvalue weighted by Gasteiger charge is 2.08. The molecule has 5 heteroatoms. The molecule has 108 valence electrons. The molecule has 0 saturated heterocycles. The van der Waals surface area contributed by atoms with Crippen molar-refractivity contribution in [2.45, 2.75) is 20.0 Å². The molecule has 21 heavy (non-hydrogen) atoms. The molecule has 0 bridgehead atoms. The van der Waals surface area contributed by atoms with Crippen molar-refractivity contribution in [3.63, 3.8) is 0 Å². The standard InChI is InChI=1S/C16H19N5/c1-12-15(11-21(2)20-12)9-17-8-14-10-18-19-16(14)13-6-4-3-5-7-13/h3-7,10-11,17H,8-9H2,1-2H3,(H,18,19). The summed E-state index contributed by atoms with van der Waals surface area (Å²) in [5, 5.41) is 15.0. The Labute approximate surface area is 124 Å². The summed E-state index contributed by atoms with van der Waals surface area (Å²) in [4.78, 5) is 0. The van der Waals surface area contributed by atoms with Crippen molar-refractivity contribution in [3.05, 3.63) is 59.5 Å². The van der Waals surface area contributed by atoms with Gasteiger partial charge in [0.15, 0.2) is 0 Å². The molecular weight excluding hydrogens is 262 g/mol. The van der Waals surface area contributed by atoms with Gasteiger partial charge in [0.2, 0.25) is 0 Å². The Kier molecular flexibility index (Phi) is 3.83. The molecule has 0 radical (unpaired) electrons. The van der Waals surface area contributed by atoms with Gasteiger partial charge >= 0.3 is 0 Å². The third-order valence-corrected chi connectivity index (χ3v) is 3.53. The highest BCUT2D eigenvalue weighted by atomic mass is 15.2. The fraction of sp³-hybridized carbons (Fsp3) is 0.250. The molecule has 0 aliphatic carbocycles. The van der Waals surface area contributed by atoms with Crippen molar-refractivity contribution >= 4 is 0 Å². The number of nitrogens with one attached hydrogen (secondary N) is 2. The number of nitrogens with zero attached hydrogens (tertiary/aromatic N) is 3. The number of benzene rings is 1. The lowest BCUT2D eigenvalue weighted by Gasteiger charge is -2.05. The van der Waals surface area contributed by atoms with Gasteiger partial charge in [-0.25, -0.2) is 0 Å². The molecule has 2 heterocycles. The largest absolute Gasteiger partial charge is 0.308 e. The second kappa shape index (κ2) is 5.93. The van der Waals surface area contributed by atoms with Crippen LogP contribution in [0, 0.1) is 6.92 Å². The predicted octanol–water partition coefficient (Wildman–Crippen LogP) is 2.41. The lowest BCUT2D eigenvalue weighted by Crippen LogP contribution is -2.13. The van der Waals surface area contributed by atoms with Gasteiger partial charge in [-0.15, -0.1) is 0 Å². The molecule has 3 rings (SSSR count). The fourth-order valence-corrected chi connectivity index (χ4v) is 2.45. The molecule has 0 fully saturated rings. The van der Waals surface area contributed by atoms with Crippen LogP contribution in [0.1, 0.15) is 16.8 Å². The van der Waals surface area contributed by atoms with Crippen LogP contribution in [0.3, 0.4) is 0 Å². The van der Waals surface area contributed by atoms with Gasteiger partial charge in [-0.05, 0) is 12.5 Å². The number of aromatic amines is 1. The van der Waals surface area contributed by atoms with Crippen molar-refractivity contribution < 1.29 is 0 Å². The maximum absolute atomic E-state index is 4.35. The molecule has 0 spiro atoms. The molecule has 2 N–H and O–H groups in total. The van der Waals surface area contributed by atoms with Gasteiger partial charge in [0, 0.05) is 37.5 Å². The van der Waals surface area contributed by atoms with E-state index in [1.54, 1.807) is 0 Å². The van der Waals surface area contributed by atoms with E-state index in [4.69, 9.17) is 0 Å². The van der Waals surface area contributed by atoms with E-state index in [-0.39, 0.29) is 0 Å². The van der Waals surface area contributed by atoms with Gasteiger partial charge < -0.3 is 5.32 Å². The summed E-state index contributed by atoms with van der Waals surface area (Å²) >= 11 is 0. The van der Waals surface area contributed by atoms with Crippen molar-refractivity contribution in [2.24, 2.45) is 7.05 Å². The van der Waals surface area contributed by atoms with Gasteiger partial charge in [-0.3, -0.25) is 9.78 Å². The van der Waals surface area contributed by atoms with Crippen LogP contribution in [-0.2, 0) is 20.1 Å². The van der Waals surface area contributed by atoms with E-state index in [0.717, 1.165) is 30.0 Å². The van der Waals surface area contributed by atoms with Gasteiger partial charge in [0.25, 0.3) is 0 Å². The first-order valence-corrected chi connectivity index (χ1v) is 7.01. The van der Waals surface area contributed by atoms with Crippen molar-refractivity contribution in [2.75, 3.05) is 0 Å². The van der Waals surface area contributed by atoms with Crippen LogP contribution in [0.25, 0.3) is 11.3 Å². The SMILES string of the molecule is Cc1nn(C)cc1CNCc1cn[nH]c1-c1ccccc1. The number of hydrogen-bond donors (Lipinski definition) is 2. The Morgan fingerprint density at radius 2 is 1.90 bits per heavy atom. The van der Waals surface area contributed by atoms with Gasteiger partial charge in [-0.1, -0.05) is 30.3 Å². The zero-order chi connectivity index (χ0) is 14.7. The lowest BCUT2D eigenvalue weighted by atomic mass is 10.1. The predicted molar refractivity (Wildman–Crippen MR) is 82.5 cm³/mol. The molecule has 1 aromatic carbocycles. The van der Waals surface area contributed by atoms with Crippen LogP contribution in [0.5, 0.6) is 0 Å². The number of aryl methyl sites for hydroxylation is 2. The van der Waals surface area contributed by atoms with Crippen LogP contribution < -0.4 is 5.32 Å². The molecule has 5 nitrogen and oxygen atoms in total. The maximum atomic E-state index is 4.35. The average molecular weight is 281 g/mol. The Balaban J connectivity index is 1.67. The third kappa shape index (κ3) is 3.03. The maximum Gasteiger partial charge on any atom is 0.0695 e. The molecule has 0 saturated carbocycles. The van der Waals surface area contributed by atoms with E-state index >= 15 is 0 Å². The Morgan fingerprint density at radius 3 is 2.62 bits per heavy atom. The molecule has 0 amide bonds. The van der Waals surface area contributed by atoms with E-state index < -0.39 is 0 Å². The topological polar surface area (TPSA) is 58.5 Å². The highest BCUT2D eigenvalue weighted by Crippen LogP contribution is 2.20. The van der Waals surface area contributed by atoms with E-state index in [1.165, 1.54) is 11.1 Å². The van der Waals surface area contributed by atoms with E-state index in [1.807, 2.05) is 43.0 Å². The smallest absolute Gasteiger partial charge is 0.0695 e. The fourth-order valence-electron chi connectivity index (χ4n) is 2.45. The van der Waals surface area contributed by atoms with E-state index in [0.29, 0.717) is 0 Å². The summed E-state index contributed by atoms with van der Waals surface area (Å²) in [7, 11) is 1.94. The first-order chi connectivity index (χ1) is 10.2. The third-order valence-electron chi connectivity index (χ3n) is 3.53. The summed E-state index contributed by atoms with van der Waals surface area (Å²) in [6.07, 6.45) is 3.93. The second-order valence-electron chi connectivity index (χ2n) is 5.15. The quantitative estimate of drug-likeness (QED) is 0.755.